The average Bonchev–Trinajstić information content (AvgIpc) is 3.53. The van der Waals surface area contributed by atoms with Gasteiger partial charge in [-0.2, -0.15) is 13.2 Å². The number of alkyl halides is 3. The molecule has 232 valence electrons. The highest BCUT2D eigenvalue weighted by molar-refractivity contribution is 7.13. The monoisotopic (exact) mass is 636 g/mol. The summed E-state index contributed by atoms with van der Waals surface area (Å²) >= 11 is 0.794. The number of pyridine rings is 2. The Morgan fingerprint density at radius 2 is 1.82 bits per heavy atom. The van der Waals surface area contributed by atoms with Gasteiger partial charge in [0.05, 0.1) is 12.1 Å². The number of urea groups is 1. The smallest absolute Gasteiger partial charge is 0.395 e. The van der Waals surface area contributed by atoms with Crippen molar-refractivity contribution in [3.05, 3.63) is 99.4 Å². The zero-order chi connectivity index (χ0) is 32.1. The van der Waals surface area contributed by atoms with Gasteiger partial charge in [-0.1, -0.05) is 36.4 Å². The molecule has 0 aliphatic carbocycles. The van der Waals surface area contributed by atoms with Crippen LogP contribution in [0.2, 0.25) is 0 Å². The number of fused-ring (bicyclic) bond motifs is 1. The van der Waals surface area contributed by atoms with Crippen LogP contribution in [0.1, 0.15) is 28.5 Å². The molecular formula is C31H27F3N6O4S. The molecule has 0 aliphatic rings. The van der Waals surface area contributed by atoms with Gasteiger partial charge in [0.1, 0.15) is 16.4 Å². The highest BCUT2D eigenvalue weighted by Crippen LogP contribution is 2.39. The van der Waals surface area contributed by atoms with Crippen molar-refractivity contribution in [2.45, 2.75) is 19.6 Å². The number of amides is 3. The largest absolute Gasteiger partial charge is 0.434 e. The van der Waals surface area contributed by atoms with Gasteiger partial charge in [0.25, 0.3) is 5.91 Å². The molecule has 5 aromatic rings. The highest BCUT2D eigenvalue weighted by atomic mass is 32.1. The van der Waals surface area contributed by atoms with Crippen LogP contribution in [0.15, 0.2) is 77.2 Å². The molecule has 0 bridgehead atoms. The standard InChI is InChI=1S/C31H27F3N6O4S/c1-2-35-30(44)39-26-13-21(29-38-25(17-45-29)31(32,33)34)22(14-37-26)19-8-9-20-24(12-19)40(15-18-6-4-3-5-7-18)16-23(27(20)42)28(43)36-10-11-41/h3-9,12-14,16-17,41H,2,10-11,15H2,1H3,(H,36,43)(H2,35,37,39,44). The van der Waals surface area contributed by atoms with E-state index < -0.39 is 29.2 Å². The summed E-state index contributed by atoms with van der Waals surface area (Å²) in [5.74, 6) is -0.531. The summed E-state index contributed by atoms with van der Waals surface area (Å²) in [6.07, 6.45) is -1.78. The maximum absolute atomic E-state index is 13.5. The van der Waals surface area contributed by atoms with E-state index in [0.717, 1.165) is 22.3 Å². The van der Waals surface area contributed by atoms with Crippen molar-refractivity contribution in [3.63, 3.8) is 0 Å². The Morgan fingerprint density at radius 1 is 1.04 bits per heavy atom. The van der Waals surface area contributed by atoms with Crippen molar-refractivity contribution in [1.29, 1.82) is 0 Å². The molecule has 0 saturated heterocycles. The molecule has 5 rings (SSSR count). The lowest BCUT2D eigenvalue weighted by Crippen LogP contribution is -2.31. The molecule has 2 aromatic carbocycles. The maximum atomic E-state index is 13.5. The number of carbonyl (C=O) groups is 2. The van der Waals surface area contributed by atoms with Crippen LogP contribution in [0, 0.1) is 0 Å². The van der Waals surface area contributed by atoms with Crippen LogP contribution in [-0.2, 0) is 12.7 Å². The van der Waals surface area contributed by atoms with Gasteiger partial charge in [-0.05, 0) is 36.2 Å². The first-order chi connectivity index (χ1) is 21.6. The van der Waals surface area contributed by atoms with E-state index in [4.69, 9.17) is 5.11 Å². The molecule has 0 unspecified atom stereocenters. The number of benzene rings is 2. The van der Waals surface area contributed by atoms with E-state index in [0.29, 0.717) is 29.7 Å². The lowest BCUT2D eigenvalue weighted by Gasteiger charge is -2.16. The van der Waals surface area contributed by atoms with Crippen LogP contribution in [-0.4, -0.2) is 51.3 Å². The molecule has 4 N–H and O–H groups in total. The van der Waals surface area contributed by atoms with Gasteiger partial charge in [0, 0.05) is 53.9 Å². The number of aliphatic hydroxyl groups is 1. The molecule has 0 atom stereocenters. The van der Waals surface area contributed by atoms with E-state index in [2.05, 4.69) is 25.9 Å². The Kier molecular flexibility index (Phi) is 9.25. The summed E-state index contributed by atoms with van der Waals surface area (Å²) in [6, 6.07) is 15.1. The second-order valence-corrected chi connectivity index (χ2v) is 10.7. The van der Waals surface area contributed by atoms with E-state index in [9.17, 15) is 27.6 Å². The molecule has 0 aliphatic heterocycles. The van der Waals surface area contributed by atoms with Crippen molar-refractivity contribution < 1.29 is 27.9 Å². The van der Waals surface area contributed by atoms with Crippen LogP contribution < -0.4 is 21.4 Å². The number of aromatic nitrogens is 3. The fourth-order valence-corrected chi connectivity index (χ4v) is 5.53. The molecule has 3 amide bonds. The van der Waals surface area contributed by atoms with Crippen LogP contribution in [0.4, 0.5) is 23.8 Å². The summed E-state index contributed by atoms with van der Waals surface area (Å²) < 4.78 is 42.1. The lowest BCUT2D eigenvalue weighted by molar-refractivity contribution is -0.140. The van der Waals surface area contributed by atoms with Gasteiger partial charge in [0.2, 0.25) is 5.43 Å². The van der Waals surface area contributed by atoms with Crippen LogP contribution >= 0.6 is 11.3 Å². The third-order valence-electron chi connectivity index (χ3n) is 6.74. The average molecular weight is 637 g/mol. The van der Waals surface area contributed by atoms with E-state index in [-0.39, 0.29) is 40.5 Å². The second-order valence-electron chi connectivity index (χ2n) is 9.83. The van der Waals surface area contributed by atoms with E-state index in [1.165, 1.54) is 18.5 Å². The SMILES string of the molecule is CCNC(=O)Nc1cc(-c2nc(C(F)(F)F)cs2)c(-c2ccc3c(=O)c(C(=O)NCCO)cn(Cc4ccccc4)c3c2)cn1. The number of hydrogen-bond donors (Lipinski definition) is 4. The summed E-state index contributed by atoms with van der Waals surface area (Å²) in [7, 11) is 0. The minimum absolute atomic E-state index is 0.0263. The highest BCUT2D eigenvalue weighted by Gasteiger charge is 2.34. The molecule has 10 nitrogen and oxygen atoms in total. The molecule has 0 spiro atoms. The van der Waals surface area contributed by atoms with Gasteiger partial charge in [0.15, 0.2) is 5.69 Å². The van der Waals surface area contributed by atoms with E-state index >= 15 is 0 Å². The molecule has 0 saturated carbocycles. The van der Waals surface area contributed by atoms with Crippen molar-refractivity contribution in [2.75, 3.05) is 25.0 Å². The Balaban J connectivity index is 1.68. The number of carbonyl (C=O) groups excluding carboxylic acids is 2. The number of aliphatic hydroxyl groups excluding tert-OH is 1. The number of thiazole rings is 1. The van der Waals surface area contributed by atoms with Crippen LogP contribution in [0.3, 0.4) is 0 Å². The topological polar surface area (TPSA) is 138 Å². The number of halogens is 3. The Labute approximate surface area is 258 Å². The number of hydrogen-bond acceptors (Lipinski definition) is 7. The minimum Gasteiger partial charge on any atom is -0.395 e. The van der Waals surface area contributed by atoms with Crippen LogP contribution in [0.25, 0.3) is 32.6 Å². The van der Waals surface area contributed by atoms with Gasteiger partial charge in [-0.15, -0.1) is 11.3 Å². The van der Waals surface area contributed by atoms with Crippen molar-refractivity contribution in [1.82, 2.24) is 25.2 Å². The third-order valence-corrected chi connectivity index (χ3v) is 7.61. The molecule has 45 heavy (non-hydrogen) atoms. The molecule has 14 heteroatoms. The van der Waals surface area contributed by atoms with E-state index in [1.54, 1.807) is 29.7 Å². The predicted molar refractivity (Wildman–Crippen MR) is 165 cm³/mol. The molecule has 0 fully saturated rings. The Morgan fingerprint density at radius 3 is 2.51 bits per heavy atom. The normalized spacial score (nSPS) is 11.4. The zero-order valence-electron chi connectivity index (χ0n) is 23.8. The Hall–Kier alpha value is -5.08. The zero-order valence-corrected chi connectivity index (χ0v) is 24.6. The number of rotatable bonds is 9. The number of nitrogens with zero attached hydrogens (tertiary/aromatic N) is 3. The number of anilines is 1. The second kappa shape index (κ2) is 13.3. The summed E-state index contributed by atoms with van der Waals surface area (Å²) in [5.41, 5.74) is 0.878. The molecule has 0 radical (unpaired) electrons. The fourth-order valence-electron chi connectivity index (χ4n) is 4.67. The van der Waals surface area contributed by atoms with Crippen molar-refractivity contribution >= 4 is 40.0 Å². The van der Waals surface area contributed by atoms with Crippen molar-refractivity contribution in [2.24, 2.45) is 0 Å². The number of nitrogens with one attached hydrogen (secondary N) is 3. The molecule has 3 heterocycles. The Bertz CT molecular complexity index is 1920. The summed E-state index contributed by atoms with van der Waals surface area (Å²) in [5, 5.41) is 18.0. The van der Waals surface area contributed by atoms with Gasteiger partial charge in [-0.3, -0.25) is 14.9 Å². The fraction of sp³-hybridized carbons (Fsp3) is 0.194. The molecule has 3 aromatic heterocycles. The summed E-state index contributed by atoms with van der Waals surface area (Å²) in [6.45, 7) is 2.06. The van der Waals surface area contributed by atoms with Crippen molar-refractivity contribution in [3.8, 4) is 21.7 Å². The summed E-state index contributed by atoms with van der Waals surface area (Å²) in [4.78, 5) is 46.6. The first kappa shape index (κ1) is 31.3. The predicted octanol–water partition coefficient (Wildman–Crippen LogP) is 5.12. The van der Waals surface area contributed by atoms with Gasteiger partial charge >= 0.3 is 12.2 Å². The first-order valence-electron chi connectivity index (χ1n) is 13.8. The van der Waals surface area contributed by atoms with Crippen LogP contribution in [0.5, 0.6) is 0 Å². The van der Waals surface area contributed by atoms with Gasteiger partial charge < -0.3 is 20.3 Å². The lowest BCUT2D eigenvalue weighted by atomic mass is 9.99. The minimum atomic E-state index is -4.65. The maximum Gasteiger partial charge on any atom is 0.434 e. The van der Waals surface area contributed by atoms with Gasteiger partial charge in [-0.25, -0.2) is 14.8 Å². The quantitative estimate of drug-likeness (QED) is 0.177. The molecular weight excluding hydrogens is 609 g/mol. The first-order valence-corrected chi connectivity index (χ1v) is 14.7. The van der Waals surface area contributed by atoms with E-state index in [1.807, 2.05) is 30.3 Å². The third kappa shape index (κ3) is 7.02.